The molecule has 3 rings (SSSR count). The van der Waals surface area contributed by atoms with Crippen molar-refractivity contribution in [3.05, 3.63) is 58.4 Å². The second-order valence-electron chi connectivity index (χ2n) is 5.01. The summed E-state index contributed by atoms with van der Waals surface area (Å²) in [4.78, 5) is 22.3. The van der Waals surface area contributed by atoms with Gasteiger partial charge in [-0.25, -0.2) is 4.39 Å². The molecule has 1 atom stereocenters. The lowest BCUT2D eigenvalue weighted by Gasteiger charge is -2.24. The van der Waals surface area contributed by atoms with E-state index in [4.69, 9.17) is 11.6 Å². The monoisotopic (exact) mass is 337 g/mol. The number of hydrogen-bond acceptors (Lipinski definition) is 4. The fraction of sp³-hybridized carbons (Fsp3) is 0.267. The summed E-state index contributed by atoms with van der Waals surface area (Å²) in [6.07, 6.45) is 3.34. The van der Waals surface area contributed by atoms with Gasteiger partial charge in [-0.3, -0.25) is 14.8 Å². The number of carbonyl (C=O) groups is 1. The Hall–Kier alpha value is -1.66. The van der Waals surface area contributed by atoms with Crippen LogP contribution in [0.3, 0.4) is 0 Å². The second-order valence-corrected chi connectivity index (χ2v) is 6.48. The predicted octanol–water partition coefficient (Wildman–Crippen LogP) is 3.35. The van der Waals surface area contributed by atoms with Gasteiger partial charge in [0, 0.05) is 6.20 Å². The number of carbonyl (C=O) groups excluding carboxylic acids is 1. The number of aromatic nitrogens is 2. The highest BCUT2D eigenvalue weighted by molar-refractivity contribution is 8.00. The van der Waals surface area contributed by atoms with Crippen molar-refractivity contribution >= 4 is 29.3 Å². The zero-order valence-corrected chi connectivity index (χ0v) is 13.4. The number of halogens is 2. The fourth-order valence-electron chi connectivity index (χ4n) is 2.24. The average Bonchev–Trinajstić information content (AvgIpc) is 2.86. The van der Waals surface area contributed by atoms with E-state index in [9.17, 15) is 9.18 Å². The topological polar surface area (TPSA) is 46.1 Å². The van der Waals surface area contributed by atoms with Gasteiger partial charge in [-0.2, -0.15) is 0 Å². The first-order valence-electron chi connectivity index (χ1n) is 6.68. The van der Waals surface area contributed by atoms with E-state index in [2.05, 4.69) is 9.97 Å². The van der Waals surface area contributed by atoms with E-state index < -0.39 is 5.82 Å². The molecule has 0 saturated carbocycles. The minimum Gasteiger partial charge on any atom is -0.320 e. The van der Waals surface area contributed by atoms with E-state index in [1.165, 1.54) is 17.8 Å². The summed E-state index contributed by atoms with van der Waals surface area (Å²) < 4.78 is 13.3. The highest BCUT2D eigenvalue weighted by Gasteiger charge is 2.33. The number of hydrogen-bond donors (Lipinski definition) is 0. The van der Waals surface area contributed by atoms with Crippen LogP contribution in [-0.2, 0) is 11.3 Å². The van der Waals surface area contributed by atoms with Crippen LogP contribution >= 0.6 is 23.4 Å². The van der Waals surface area contributed by atoms with Gasteiger partial charge >= 0.3 is 0 Å². The molecule has 1 amide bonds. The van der Waals surface area contributed by atoms with E-state index in [-0.39, 0.29) is 16.3 Å². The number of amides is 1. The van der Waals surface area contributed by atoms with Crippen LogP contribution < -0.4 is 0 Å². The van der Waals surface area contributed by atoms with Crippen LogP contribution in [0.2, 0.25) is 5.02 Å². The first-order chi connectivity index (χ1) is 10.5. The standard InChI is InChI=1S/C15H13ClFN3OS/c1-9-5-19-11(6-18-9)7-20-14(21)8-22-15(20)10-2-3-13(17)12(16)4-10/h2-6,15H,7-8H2,1H3. The third kappa shape index (κ3) is 3.08. The van der Waals surface area contributed by atoms with Crippen molar-refractivity contribution in [1.82, 2.24) is 14.9 Å². The van der Waals surface area contributed by atoms with Gasteiger partial charge in [0.1, 0.15) is 11.2 Å². The molecule has 0 spiro atoms. The summed E-state index contributed by atoms with van der Waals surface area (Å²) in [5.41, 5.74) is 2.36. The predicted molar refractivity (Wildman–Crippen MR) is 83.9 cm³/mol. The molecule has 7 heteroatoms. The Bertz CT molecular complexity index is 710. The molecule has 0 aliphatic carbocycles. The molecule has 1 fully saturated rings. The lowest BCUT2D eigenvalue weighted by molar-refractivity contribution is -0.128. The molecule has 0 bridgehead atoms. The molecule has 0 radical (unpaired) electrons. The molecule has 0 N–H and O–H groups in total. The summed E-state index contributed by atoms with van der Waals surface area (Å²) in [5.74, 6) is -0.0487. The Morgan fingerprint density at radius 2 is 2.23 bits per heavy atom. The minimum atomic E-state index is -0.462. The van der Waals surface area contributed by atoms with E-state index in [1.807, 2.05) is 6.92 Å². The highest BCUT2D eigenvalue weighted by atomic mass is 35.5. The summed E-state index contributed by atoms with van der Waals surface area (Å²) in [6, 6.07) is 4.55. The van der Waals surface area contributed by atoms with Crippen LogP contribution in [0.5, 0.6) is 0 Å². The highest BCUT2D eigenvalue weighted by Crippen LogP contribution is 2.40. The van der Waals surface area contributed by atoms with Gasteiger partial charge < -0.3 is 4.90 Å². The maximum Gasteiger partial charge on any atom is 0.234 e. The number of thioether (sulfide) groups is 1. The Morgan fingerprint density at radius 1 is 1.41 bits per heavy atom. The maximum absolute atomic E-state index is 13.3. The molecule has 1 aliphatic heterocycles. The molecule has 1 aliphatic rings. The van der Waals surface area contributed by atoms with Gasteiger partial charge in [0.05, 0.1) is 34.9 Å². The van der Waals surface area contributed by atoms with Crippen molar-refractivity contribution in [2.45, 2.75) is 18.8 Å². The molecule has 2 heterocycles. The van der Waals surface area contributed by atoms with Crippen molar-refractivity contribution < 1.29 is 9.18 Å². The molecular formula is C15H13ClFN3OS. The van der Waals surface area contributed by atoms with E-state index in [0.29, 0.717) is 12.3 Å². The smallest absolute Gasteiger partial charge is 0.234 e. The number of aryl methyl sites for hydroxylation is 1. The maximum atomic E-state index is 13.3. The van der Waals surface area contributed by atoms with Crippen LogP contribution in [0.4, 0.5) is 4.39 Å². The molecule has 114 valence electrons. The van der Waals surface area contributed by atoms with Gasteiger partial charge in [0.25, 0.3) is 0 Å². The van der Waals surface area contributed by atoms with Crippen LogP contribution in [0, 0.1) is 12.7 Å². The zero-order valence-electron chi connectivity index (χ0n) is 11.8. The SMILES string of the molecule is Cc1cnc(CN2C(=O)CSC2c2ccc(F)c(Cl)c2)cn1. The molecule has 4 nitrogen and oxygen atoms in total. The van der Waals surface area contributed by atoms with Gasteiger partial charge in [0.15, 0.2) is 0 Å². The number of benzene rings is 1. The summed E-state index contributed by atoms with van der Waals surface area (Å²) >= 11 is 7.34. The third-order valence-electron chi connectivity index (χ3n) is 3.36. The van der Waals surface area contributed by atoms with Crippen molar-refractivity contribution in [3.63, 3.8) is 0 Å². The molecule has 1 unspecified atom stereocenters. The lowest BCUT2D eigenvalue weighted by Crippen LogP contribution is -2.28. The Kier molecular flexibility index (Phi) is 4.31. The molecule has 1 aromatic heterocycles. The first-order valence-corrected chi connectivity index (χ1v) is 8.11. The van der Waals surface area contributed by atoms with Crippen LogP contribution in [0.15, 0.2) is 30.6 Å². The summed E-state index contributed by atoms with van der Waals surface area (Å²) in [6.45, 7) is 2.23. The van der Waals surface area contributed by atoms with Crippen LogP contribution in [0.1, 0.15) is 22.3 Å². The zero-order chi connectivity index (χ0) is 15.7. The minimum absolute atomic E-state index is 0.0258. The number of rotatable bonds is 3. The van der Waals surface area contributed by atoms with Crippen molar-refractivity contribution in [3.8, 4) is 0 Å². The summed E-state index contributed by atoms with van der Waals surface area (Å²) in [5, 5.41) is -0.124. The fourth-order valence-corrected chi connectivity index (χ4v) is 3.61. The molecular weight excluding hydrogens is 325 g/mol. The van der Waals surface area contributed by atoms with Crippen LogP contribution in [0.25, 0.3) is 0 Å². The molecule has 2 aromatic rings. The van der Waals surface area contributed by atoms with Crippen molar-refractivity contribution in [2.75, 3.05) is 5.75 Å². The largest absolute Gasteiger partial charge is 0.320 e. The second kappa shape index (κ2) is 6.22. The van der Waals surface area contributed by atoms with Gasteiger partial charge in [0.2, 0.25) is 5.91 Å². The van der Waals surface area contributed by atoms with E-state index in [1.54, 1.807) is 29.4 Å². The van der Waals surface area contributed by atoms with Gasteiger partial charge in [-0.05, 0) is 24.6 Å². The van der Waals surface area contributed by atoms with Crippen LogP contribution in [-0.4, -0.2) is 26.5 Å². The Balaban J connectivity index is 1.85. The van der Waals surface area contributed by atoms with Crippen molar-refractivity contribution in [2.24, 2.45) is 0 Å². The Morgan fingerprint density at radius 3 is 2.91 bits per heavy atom. The first kappa shape index (κ1) is 15.2. The van der Waals surface area contributed by atoms with E-state index in [0.717, 1.165) is 17.0 Å². The molecule has 1 aromatic carbocycles. The quantitative estimate of drug-likeness (QED) is 0.861. The van der Waals surface area contributed by atoms with Crippen molar-refractivity contribution in [1.29, 1.82) is 0 Å². The lowest BCUT2D eigenvalue weighted by atomic mass is 10.2. The molecule has 22 heavy (non-hydrogen) atoms. The molecule has 1 saturated heterocycles. The van der Waals surface area contributed by atoms with Gasteiger partial charge in [-0.15, -0.1) is 11.8 Å². The average molecular weight is 338 g/mol. The number of nitrogens with zero attached hydrogens (tertiary/aromatic N) is 3. The summed E-state index contributed by atoms with van der Waals surface area (Å²) in [7, 11) is 0. The normalized spacial score (nSPS) is 18.0. The Labute approximate surface area is 136 Å². The third-order valence-corrected chi connectivity index (χ3v) is 4.91. The van der Waals surface area contributed by atoms with Gasteiger partial charge in [-0.1, -0.05) is 17.7 Å². The van der Waals surface area contributed by atoms with E-state index >= 15 is 0 Å².